The van der Waals surface area contributed by atoms with Gasteiger partial charge in [0.05, 0.1) is 9.82 Å². The second-order valence-corrected chi connectivity index (χ2v) is 7.73. The summed E-state index contributed by atoms with van der Waals surface area (Å²) in [6.07, 6.45) is 2.71. The van der Waals surface area contributed by atoms with Crippen LogP contribution in [0.25, 0.3) is 6.08 Å². The molecule has 28 heavy (non-hydrogen) atoms. The van der Waals surface area contributed by atoms with Crippen LogP contribution in [-0.2, 0) is 14.8 Å². The lowest BCUT2D eigenvalue weighted by atomic mass is 10.2. The molecule has 0 aliphatic rings. The lowest BCUT2D eigenvalue weighted by Gasteiger charge is -2.18. The molecular weight excluding hydrogens is 382 g/mol. The predicted octanol–water partition coefficient (Wildman–Crippen LogP) is 3.28. The second-order valence-electron chi connectivity index (χ2n) is 5.79. The van der Waals surface area contributed by atoms with Crippen LogP contribution in [-0.4, -0.2) is 36.6 Å². The summed E-state index contributed by atoms with van der Waals surface area (Å²) in [5, 5.41) is 13.4. The summed E-state index contributed by atoms with van der Waals surface area (Å²) in [6.45, 7) is 4.28. The van der Waals surface area contributed by atoms with E-state index in [0.717, 1.165) is 0 Å². The first-order chi connectivity index (χ1) is 13.3. The maximum absolute atomic E-state index is 12.4. The summed E-state index contributed by atoms with van der Waals surface area (Å²) in [4.78, 5) is 22.4. The summed E-state index contributed by atoms with van der Waals surface area (Å²) in [5.74, 6) is -0.439. The maximum atomic E-state index is 12.4. The van der Waals surface area contributed by atoms with Crippen LogP contribution in [0.15, 0.2) is 59.5 Å². The number of nitro groups is 1. The Morgan fingerprint density at radius 3 is 2.36 bits per heavy atom. The van der Waals surface area contributed by atoms with E-state index in [1.807, 2.05) is 0 Å². The molecule has 0 bridgehead atoms. The third kappa shape index (κ3) is 5.24. The SMILES string of the molecule is CCN(CC)S(=O)(=O)c1ccc(NC(=O)C=Cc2cccc([N+](=O)[O-])c2)cc1. The van der Waals surface area contributed by atoms with Crippen LogP contribution >= 0.6 is 0 Å². The molecule has 9 heteroatoms. The fraction of sp³-hybridized carbons (Fsp3) is 0.211. The number of nitrogens with one attached hydrogen (secondary N) is 1. The Balaban J connectivity index is 2.07. The van der Waals surface area contributed by atoms with Gasteiger partial charge in [-0.25, -0.2) is 8.42 Å². The molecule has 0 aromatic heterocycles. The van der Waals surface area contributed by atoms with E-state index in [9.17, 15) is 23.3 Å². The smallest absolute Gasteiger partial charge is 0.270 e. The normalized spacial score (nSPS) is 11.7. The Hall–Kier alpha value is -3.04. The van der Waals surface area contributed by atoms with Crippen molar-refractivity contribution >= 4 is 33.4 Å². The zero-order valence-corrected chi connectivity index (χ0v) is 16.3. The van der Waals surface area contributed by atoms with Crippen LogP contribution in [0.2, 0.25) is 0 Å². The van der Waals surface area contributed by atoms with Gasteiger partial charge in [0.25, 0.3) is 5.69 Å². The van der Waals surface area contributed by atoms with E-state index in [1.165, 1.54) is 58.9 Å². The molecule has 8 nitrogen and oxygen atoms in total. The molecule has 1 amide bonds. The minimum Gasteiger partial charge on any atom is -0.323 e. The third-order valence-corrected chi connectivity index (χ3v) is 6.04. The Kier molecular flexibility index (Phi) is 7.02. The number of hydrogen-bond donors (Lipinski definition) is 1. The highest BCUT2D eigenvalue weighted by atomic mass is 32.2. The Morgan fingerprint density at radius 1 is 1.14 bits per heavy atom. The fourth-order valence-corrected chi connectivity index (χ4v) is 3.98. The minimum absolute atomic E-state index is 0.0624. The molecule has 0 atom stereocenters. The largest absolute Gasteiger partial charge is 0.323 e. The zero-order chi connectivity index (χ0) is 20.7. The summed E-state index contributed by atoms with van der Waals surface area (Å²) in [5.41, 5.74) is 0.893. The average Bonchev–Trinajstić information content (AvgIpc) is 2.68. The molecule has 0 spiro atoms. The standard InChI is InChI=1S/C19H21N3O5S/c1-3-21(4-2)28(26,27)18-11-9-16(10-12-18)20-19(23)13-8-15-6-5-7-17(14-15)22(24)25/h5-14H,3-4H2,1-2H3,(H,20,23). The molecule has 0 unspecified atom stereocenters. The Morgan fingerprint density at radius 2 is 1.79 bits per heavy atom. The average molecular weight is 403 g/mol. The molecule has 0 saturated carbocycles. The molecular formula is C19H21N3O5S. The quantitative estimate of drug-likeness (QED) is 0.413. The second kappa shape index (κ2) is 9.25. The number of non-ortho nitro benzene ring substituents is 1. The molecule has 148 valence electrons. The van der Waals surface area contributed by atoms with Crippen LogP contribution < -0.4 is 5.32 Å². The lowest BCUT2D eigenvalue weighted by molar-refractivity contribution is -0.384. The Bertz CT molecular complexity index is 981. The van der Waals surface area contributed by atoms with E-state index < -0.39 is 20.9 Å². The van der Waals surface area contributed by atoms with Gasteiger partial charge in [-0.15, -0.1) is 0 Å². The van der Waals surface area contributed by atoms with Crippen molar-refractivity contribution in [1.29, 1.82) is 0 Å². The molecule has 0 fully saturated rings. The van der Waals surface area contributed by atoms with Gasteiger partial charge in [-0.2, -0.15) is 4.31 Å². The van der Waals surface area contributed by atoms with E-state index in [1.54, 1.807) is 19.9 Å². The zero-order valence-electron chi connectivity index (χ0n) is 15.5. The first-order valence-electron chi connectivity index (χ1n) is 8.61. The number of rotatable bonds is 8. The number of anilines is 1. The van der Waals surface area contributed by atoms with Crippen molar-refractivity contribution in [2.24, 2.45) is 0 Å². The van der Waals surface area contributed by atoms with Crippen LogP contribution in [0, 0.1) is 10.1 Å². The molecule has 0 heterocycles. The molecule has 0 radical (unpaired) electrons. The van der Waals surface area contributed by atoms with E-state index in [-0.39, 0.29) is 10.6 Å². The van der Waals surface area contributed by atoms with E-state index >= 15 is 0 Å². The van der Waals surface area contributed by atoms with E-state index in [0.29, 0.717) is 24.3 Å². The van der Waals surface area contributed by atoms with Crippen LogP contribution in [0.1, 0.15) is 19.4 Å². The molecule has 2 rings (SSSR count). The third-order valence-electron chi connectivity index (χ3n) is 3.97. The molecule has 0 aliphatic heterocycles. The topological polar surface area (TPSA) is 110 Å². The van der Waals surface area contributed by atoms with Crippen molar-refractivity contribution < 1.29 is 18.1 Å². The van der Waals surface area contributed by atoms with Gasteiger partial charge in [-0.1, -0.05) is 26.0 Å². The highest BCUT2D eigenvalue weighted by Gasteiger charge is 2.21. The number of hydrogen-bond acceptors (Lipinski definition) is 5. The first kappa shape index (κ1) is 21.3. The van der Waals surface area contributed by atoms with Gasteiger partial charge in [0.1, 0.15) is 0 Å². The molecule has 0 saturated heterocycles. The number of amides is 1. The van der Waals surface area contributed by atoms with E-state index in [4.69, 9.17) is 0 Å². The lowest BCUT2D eigenvalue weighted by Crippen LogP contribution is -2.30. The van der Waals surface area contributed by atoms with Crippen molar-refractivity contribution in [3.8, 4) is 0 Å². The number of carbonyl (C=O) groups is 1. The summed E-state index contributed by atoms with van der Waals surface area (Å²) in [7, 11) is -3.55. The monoisotopic (exact) mass is 403 g/mol. The fourth-order valence-electron chi connectivity index (χ4n) is 2.52. The van der Waals surface area contributed by atoms with E-state index in [2.05, 4.69) is 5.32 Å². The number of carbonyl (C=O) groups excluding carboxylic acids is 1. The number of nitrogens with zero attached hydrogens (tertiary/aromatic N) is 2. The van der Waals surface area contributed by atoms with Crippen molar-refractivity contribution in [2.45, 2.75) is 18.7 Å². The van der Waals surface area contributed by atoms with Gasteiger partial charge in [-0.05, 0) is 35.9 Å². The first-order valence-corrected chi connectivity index (χ1v) is 10.1. The summed E-state index contributed by atoms with van der Waals surface area (Å²) >= 11 is 0. The van der Waals surface area contributed by atoms with Crippen molar-refractivity contribution in [3.63, 3.8) is 0 Å². The number of sulfonamides is 1. The molecule has 2 aromatic carbocycles. The van der Waals surface area contributed by atoms with Gasteiger partial charge < -0.3 is 5.32 Å². The van der Waals surface area contributed by atoms with Gasteiger partial charge in [0.2, 0.25) is 15.9 Å². The summed E-state index contributed by atoms with van der Waals surface area (Å²) < 4.78 is 26.2. The molecule has 0 aliphatic carbocycles. The van der Waals surface area contributed by atoms with Gasteiger partial charge in [-0.3, -0.25) is 14.9 Å². The van der Waals surface area contributed by atoms with Crippen LogP contribution in [0.4, 0.5) is 11.4 Å². The molecule has 2 aromatic rings. The van der Waals surface area contributed by atoms with Gasteiger partial charge >= 0.3 is 0 Å². The van der Waals surface area contributed by atoms with Crippen LogP contribution in [0.3, 0.4) is 0 Å². The molecule has 1 N–H and O–H groups in total. The van der Waals surface area contributed by atoms with Gasteiger partial charge in [0.15, 0.2) is 0 Å². The summed E-state index contributed by atoms with van der Waals surface area (Å²) in [6, 6.07) is 11.8. The predicted molar refractivity (Wildman–Crippen MR) is 107 cm³/mol. The highest BCUT2D eigenvalue weighted by Crippen LogP contribution is 2.18. The highest BCUT2D eigenvalue weighted by molar-refractivity contribution is 7.89. The van der Waals surface area contributed by atoms with Gasteiger partial charge in [0, 0.05) is 37.0 Å². The number of benzene rings is 2. The minimum atomic E-state index is -3.55. The van der Waals surface area contributed by atoms with Crippen LogP contribution in [0.5, 0.6) is 0 Å². The van der Waals surface area contributed by atoms with Crippen molar-refractivity contribution in [1.82, 2.24) is 4.31 Å². The number of nitro benzene ring substituents is 1. The maximum Gasteiger partial charge on any atom is 0.270 e. The van der Waals surface area contributed by atoms with Crippen molar-refractivity contribution in [2.75, 3.05) is 18.4 Å². The Labute approximate surface area is 163 Å². The van der Waals surface area contributed by atoms with Crippen molar-refractivity contribution in [3.05, 3.63) is 70.3 Å².